The lowest BCUT2D eigenvalue weighted by Crippen LogP contribution is -2.35. The highest BCUT2D eigenvalue weighted by atomic mass is 35.5. The number of halogens is 1. The molecule has 204 valence electrons. The number of esters is 1. The molecule has 0 spiro atoms. The third-order valence-electron chi connectivity index (χ3n) is 5.22. The van der Waals surface area contributed by atoms with E-state index in [1.54, 1.807) is 36.4 Å². The van der Waals surface area contributed by atoms with Crippen LogP contribution in [0.1, 0.15) is 26.3 Å². The van der Waals surface area contributed by atoms with Crippen LogP contribution in [0.4, 0.5) is 0 Å². The van der Waals surface area contributed by atoms with Gasteiger partial charge in [0, 0.05) is 0 Å². The van der Waals surface area contributed by atoms with Crippen LogP contribution in [-0.4, -0.2) is 59.0 Å². The summed E-state index contributed by atoms with van der Waals surface area (Å²) in [5.74, 6) is -0.373. The number of ether oxygens (including phenoxy) is 5. The van der Waals surface area contributed by atoms with Gasteiger partial charge in [0.2, 0.25) is 5.75 Å². The van der Waals surface area contributed by atoms with Crippen molar-refractivity contribution in [3.63, 3.8) is 0 Å². The summed E-state index contributed by atoms with van der Waals surface area (Å²) < 4.78 is 26.7. The molecule has 0 saturated heterocycles. The van der Waals surface area contributed by atoms with Gasteiger partial charge in [0.15, 0.2) is 23.0 Å². The predicted molar refractivity (Wildman–Crippen MR) is 144 cm³/mol. The Hall–Kier alpha value is -4.77. The highest BCUT2D eigenvalue weighted by Gasteiger charge is 2.20. The van der Waals surface area contributed by atoms with E-state index in [-0.39, 0.29) is 34.2 Å². The normalized spacial score (nSPS) is 10.5. The number of amides is 2. The molecule has 0 aliphatic heterocycles. The van der Waals surface area contributed by atoms with E-state index in [2.05, 4.69) is 15.8 Å². The summed E-state index contributed by atoms with van der Waals surface area (Å²) >= 11 is 5.98. The molecule has 3 rings (SSSR count). The first kappa shape index (κ1) is 28.8. The highest BCUT2D eigenvalue weighted by molar-refractivity contribution is 6.33. The van der Waals surface area contributed by atoms with Crippen molar-refractivity contribution in [3.05, 3.63) is 76.3 Å². The molecule has 0 fully saturated rings. The molecule has 0 heterocycles. The molecular weight excluding hydrogens is 530 g/mol. The Bertz CT molecular complexity index is 1370. The summed E-state index contributed by atoms with van der Waals surface area (Å²) in [5.41, 5.74) is 3.28. The minimum atomic E-state index is -0.680. The Morgan fingerprint density at radius 1 is 0.846 bits per heavy atom. The first-order chi connectivity index (χ1) is 18.8. The van der Waals surface area contributed by atoms with Gasteiger partial charge in [-0.2, -0.15) is 5.10 Å². The summed E-state index contributed by atoms with van der Waals surface area (Å²) in [7, 11) is 5.75. The molecule has 0 aliphatic carbocycles. The molecular formula is C27H26ClN3O8. The molecule has 39 heavy (non-hydrogen) atoms. The van der Waals surface area contributed by atoms with Gasteiger partial charge in [-0.3, -0.25) is 9.59 Å². The van der Waals surface area contributed by atoms with Gasteiger partial charge in [-0.15, -0.1) is 0 Å². The predicted octanol–water partition coefficient (Wildman–Crippen LogP) is 3.47. The molecule has 0 aliphatic rings. The lowest BCUT2D eigenvalue weighted by atomic mass is 10.1. The number of benzene rings is 3. The minimum Gasteiger partial charge on any atom is -0.493 e. The number of carbonyl (C=O) groups is 3. The summed E-state index contributed by atoms with van der Waals surface area (Å²) in [4.78, 5) is 37.0. The topological polar surface area (TPSA) is 134 Å². The zero-order valence-electron chi connectivity index (χ0n) is 21.6. The first-order valence-electron chi connectivity index (χ1n) is 11.4. The van der Waals surface area contributed by atoms with Crippen molar-refractivity contribution in [1.82, 2.24) is 10.7 Å². The second-order valence-corrected chi connectivity index (χ2v) is 8.08. The van der Waals surface area contributed by atoms with Crippen molar-refractivity contribution in [2.45, 2.75) is 0 Å². The largest absolute Gasteiger partial charge is 0.493 e. The Morgan fingerprint density at radius 2 is 1.51 bits per heavy atom. The van der Waals surface area contributed by atoms with Gasteiger partial charge in [-0.05, 0) is 48.0 Å². The van der Waals surface area contributed by atoms with Gasteiger partial charge in [0.1, 0.15) is 0 Å². The maximum absolute atomic E-state index is 12.8. The van der Waals surface area contributed by atoms with Gasteiger partial charge in [0.05, 0.1) is 57.3 Å². The molecule has 0 saturated carbocycles. The third-order valence-corrected chi connectivity index (χ3v) is 5.55. The molecule has 12 heteroatoms. The van der Waals surface area contributed by atoms with Crippen LogP contribution in [0.2, 0.25) is 5.02 Å². The molecule has 2 N–H and O–H groups in total. The second kappa shape index (κ2) is 13.7. The van der Waals surface area contributed by atoms with Gasteiger partial charge < -0.3 is 29.0 Å². The first-order valence-corrected chi connectivity index (χ1v) is 11.7. The van der Waals surface area contributed by atoms with Crippen molar-refractivity contribution < 1.29 is 38.1 Å². The van der Waals surface area contributed by atoms with Crippen LogP contribution >= 0.6 is 11.6 Å². The van der Waals surface area contributed by atoms with Crippen molar-refractivity contribution in [2.24, 2.45) is 5.10 Å². The van der Waals surface area contributed by atoms with Crippen molar-refractivity contribution >= 4 is 35.6 Å². The van der Waals surface area contributed by atoms with E-state index in [1.807, 2.05) is 0 Å². The summed E-state index contributed by atoms with van der Waals surface area (Å²) in [5, 5.41) is 6.62. The summed E-state index contributed by atoms with van der Waals surface area (Å²) in [6, 6.07) is 14.1. The molecule has 11 nitrogen and oxygen atoms in total. The van der Waals surface area contributed by atoms with Gasteiger partial charge in [-0.1, -0.05) is 23.7 Å². The van der Waals surface area contributed by atoms with E-state index in [0.29, 0.717) is 22.8 Å². The van der Waals surface area contributed by atoms with E-state index < -0.39 is 17.8 Å². The number of nitrogens with zero attached hydrogens (tertiary/aromatic N) is 1. The van der Waals surface area contributed by atoms with Crippen molar-refractivity contribution in [3.8, 4) is 28.7 Å². The Kier molecular flexibility index (Phi) is 10.1. The van der Waals surface area contributed by atoms with Gasteiger partial charge in [0.25, 0.3) is 11.8 Å². The Balaban J connectivity index is 1.62. The SMILES string of the molecule is COc1cc(C=NNC(=O)CNC(=O)c2ccccc2Cl)ccc1OC(=O)c1cc(OC)c(OC)c(OC)c1. The Morgan fingerprint density at radius 3 is 2.13 bits per heavy atom. The number of hydrogen-bond donors (Lipinski definition) is 2. The van der Waals surface area contributed by atoms with Crippen LogP contribution in [0.15, 0.2) is 59.7 Å². The number of carbonyl (C=O) groups excluding carboxylic acids is 3. The molecule has 2 amide bonds. The van der Waals surface area contributed by atoms with Crippen LogP contribution in [0.25, 0.3) is 0 Å². The maximum Gasteiger partial charge on any atom is 0.343 e. The lowest BCUT2D eigenvalue weighted by Gasteiger charge is -2.14. The number of hydrogen-bond acceptors (Lipinski definition) is 9. The average Bonchev–Trinajstić information content (AvgIpc) is 2.95. The fourth-order valence-corrected chi connectivity index (χ4v) is 3.55. The van der Waals surface area contributed by atoms with Crippen molar-refractivity contribution in [1.29, 1.82) is 0 Å². The fraction of sp³-hybridized carbons (Fsp3) is 0.185. The van der Waals surface area contributed by atoms with Crippen LogP contribution in [-0.2, 0) is 4.79 Å². The molecule has 3 aromatic rings. The smallest absolute Gasteiger partial charge is 0.343 e. The molecule has 0 aromatic heterocycles. The molecule has 0 atom stereocenters. The van der Waals surface area contributed by atoms with Crippen LogP contribution in [0, 0.1) is 0 Å². The van der Waals surface area contributed by atoms with E-state index in [0.717, 1.165) is 0 Å². The summed E-state index contributed by atoms with van der Waals surface area (Å²) in [6.07, 6.45) is 1.36. The lowest BCUT2D eigenvalue weighted by molar-refractivity contribution is -0.120. The number of nitrogens with one attached hydrogen (secondary N) is 2. The molecule has 0 unspecified atom stereocenters. The van der Waals surface area contributed by atoms with E-state index in [1.165, 1.54) is 52.9 Å². The zero-order valence-corrected chi connectivity index (χ0v) is 22.3. The van der Waals surface area contributed by atoms with E-state index in [9.17, 15) is 14.4 Å². The third kappa shape index (κ3) is 7.39. The zero-order chi connectivity index (χ0) is 28.4. The van der Waals surface area contributed by atoms with Crippen molar-refractivity contribution in [2.75, 3.05) is 35.0 Å². The van der Waals surface area contributed by atoms with Gasteiger partial charge in [-0.25, -0.2) is 10.2 Å². The minimum absolute atomic E-state index is 0.153. The van der Waals surface area contributed by atoms with Crippen LogP contribution < -0.4 is 34.4 Å². The number of rotatable bonds is 11. The number of methoxy groups -OCH3 is 4. The number of hydrazone groups is 1. The molecule has 0 radical (unpaired) electrons. The Labute approximate surface area is 229 Å². The summed E-state index contributed by atoms with van der Waals surface area (Å²) in [6.45, 7) is -0.305. The van der Waals surface area contributed by atoms with E-state index >= 15 is 0 Å². The highest BCUT2D eigenvalue weighted by Crippen LogP contribution is 2.38. The molecule has 0 bridgehead atoms. The quantitative estimate of drug-likeness (QED) is 0.159. The monoisotopic (exact) mass is 555 g/mol. The second-order valence-electron chi connectivity index (χ2n) is 7.67. The van der Waals surface area contributed by atoms with Gasteiger partial charge >= 0.3 is 5.97 Å². The standard InChI is InChI=1S/C27H26ClN3O8/c1-35-21-11-16(14-30-31-24(32)15-29-26(33)18-7-5-6-8-19(18)28)9-10-20(21)39-27(34)17-12-22(36-2)25(38-4)23(13-17)37-3/h5-14H,15H2,1-4H3,(H,29,33)(H,31,32). The van der Waals surface area contributed by atoms with Crippen LogP contribution in [0.3, 0.4) is 0 Å². The fourth-order valence-electron chi connectivity index (χ4n) is 3.33. The molecule has 3 aromatic carbocycles. The van der Waals surface area contributed by atoms with E-state index in [4.69, 9.17) is 35.3 Å². The maximum atomic E-state index is 12.8. The average molecular weight is 556 g/mol. The van der Waals surface area contributed by atoms with Crippen LogP contribution in [0.5, 0.6) is 28.7 Å².